The zero-order valence-corrected chi connectivity index (χ0v) is 30.4. The molecule has 0 aromatic rings. The molecule has 1 saturated heterocycles. The molecule has 0 amide bonds. The van der Waals surface area contributed by atoms with Crippen molar-refractivity contribution < 1.29 is 33.7 Å². The highest BCUT2D eigenvalue weighted by molar-refractivity contribution is 6.01. The average Bonchev–Trinajstić information content (AvgIpc) is 3.54. The highest BCUT2D eigenvalue weighted by atomic mass is 16.7. The fourth-order valence-corrected chi connectivity index (χ4v) is 10.6. The van der Waals surface area contributed by atoms with Gasteiger partial charge in [-0.1, -0.05) is 123 Å². The molecule has 7 nitrogen and oxygen atoms in total. The van der Waals surface area contributed by atoms with Crippen LogP contribution in [0.25, 0.3) is 0 Å². The number of carbonyl (C=O) groups excluding carboxylic acids is 3. The zero-order valence-electron chi connectivity index (χ0n) is 30.4. The van der Waals surface area contributed by atoms with Crippen LogP contribution in [0.4, 0.5) is 0 Å². The van der Waals surface area contributed by atoms with Crippen molar-refractivity contribution in [2.45, 2.75) is 180 Å². The lowest BCUT2D eigenvalue weighted by atomic mass is 9.46. The van der Waals surface area contributed by atoms with Crippen LogP contribution in [0.3, 0.4) is 0 Å². The zero-order chi connectivity index (χ0) is 34.4. The number of aliphatic hydroxyl groups excluding tert-OH is 1. The van der Waals surface area contributed by atoms with E-state index in [1.54, 1.807) is 12.2 Å². The molecule has 4 aliphatic carbocycles. The summed E-state index contributed by atoms with van der Waals surface area (Å²) in [5.41, 5.74) is -1.20. The van der Waals surface area contributed by atoms with Gasteiger partial charge in [0.15, 0.2) is 24.3 Å². The minimum atomic E-state index is -1.26. The minimum absolute atomic E-state index is 0.0170. The molecule has 5 rings (SSSR count). The summed E-state index contributed by atoms with van der Waals surface area (Å²) in [7, 11) is 0. The molecule has 4 fully saturated rings. The Labute approximate surface area is 290 Å². The van der Waals surface area contributed by atoms with E-state index in [4.69, 9.17) is 14.2 Å². The standard InChI is InChI=1S/C41H64O7/c1-5-7-8-9-10-11-12-13-14-15-16-17-18-20-36(45)46-28-34(44)41-35(47-37(48-41)19-6-2)26-32-31-22-21-29-25-30(42)23-24-39(29,3)38(31)33(43)27-40(32,41)4/h23-25,31-33,35,37-38,43H,5-22,26-28H2,1-4H3/t31-,32-,33-,35+,37?,38+,39-,40-,41+/m0/s1. The van der Waals surface area contributed by atoms with Crippen molar-refractivity contribution in [1.29, 1.82) is 0 Å². The van der Waals surface area contributed by atoms with Gasteiger partial charge in [-0.15, -0.1) is 0 Å². The largest absolute Gasteiger partial charge is 0.458 e. The molecule has 270 valence electrons. The van der Waals surface area contributed by atoms with Crippen LogP contribution in [-0.4, -0.2) is 53.3 Å². The van der Waals surface area contributed by atoms with Gasteiger partial charge in [0.05, 0.1) is 12.2 Å². The smallest absolute Gasteiger partial charge is 0.306 e. The van der Waals surface area contributed by atoms with Gasteiger partial charge in [0.2, 0.25) is 5.78 Å². The van der Waals surface area contributed by atoms with Crippen LogP contribution >= 0.6 is 0 Å². The van der Waals surface area contributed by atoms with E-state index < -0.39 is 29.5 Å². The third-order valence-corrected chi connectivity index (χ3v) is 13.1. The fraction of sp³-hybridized carbons (Fsp3) is 0.829. The van der Waals surface area contributed by atoms with E-state index in [1.807, 2.05) is 6.08 Å². The van der Waals surface area contributed by atoms with E-state index in [2.05, 4.69) is 27.7 Å². The van der Waals surface area contributed by atoms with E-state index in [9.17, 15) is 19.5 Å². The second-order valence-corrected chi connectivity index (χ2v) is 16.2. The Morgan fingerprint density at radius 3 is 2.23 bits per heavy atom. The summed E-state index contributed by atoms with van der Waals surface area (Å²) in [6, 6.07) is 0. The third kappa shape index (κ3) is 7.44. The minimum Gasteiger partial charge on any atom is -0.458 e. The van der Waals surface area contributed by atoms with Gasteiger partial charge < -0.3 is 19.3 Å². The van der Waals surface area contributed by atoms with Gasteiger partial charge in [0.1, 0.15) is 0 Å². The molecule has 7 heteroatoms. The molecule has 0 aromatic carbocycles. The maximum atomic E-state index is 14.3. The average molecular weight is 669 g/mol. The molecule has 1 N–H and O–H groups in total. The molecule has 3 saturated carbocycles. The van der Waals surface area contributed by atoms with Gasteiger partial charge in [-0.25, -0.2) is 0 Å². The summed E-state index contributed by atoms with van der Waals surface area (Å²) in [4.78, 5) is 39.3. The van der Waals surface area contributed by atoms with Crippen LogP contribution in [-0.2, 0) is 28.6 Å². The SMILES string of the molecule is CCCCCCCCCCCCCCCC(=O)OCC(=O)[C@@]12OC(CCC)O[C@@H]1C[C@H]1[C@@H]3CCC4=CC(=O)C=C[C@]4(C)[C@H]3[C@@H](O)C[C@@]12C. The van der Waals surface area contributed by atoms with Crippen molar-refractivity contribution in [3.05, 3.63) is 23.8 Å². The maximum absolute atomic E-state index is 14.3. The Kier molecular flexibility index (Phi) is 12.8. The summed E-state index contributed by atoms with van der Waals surface area (Å²) in [6.45, 7) is 8.27. The monoisotopic (exact) mass is 668 g/mol. The number of Topliss-reactive ketones (excluding diaryl/α,β-unsaturated/α-hetero) is 1. The first kappa shape index (κ1) is 37.4. The second kappa shape index (κ2) is 16.5. The van der Waals surface area contributed by atoms with Crippen molar-refractivity contribution in [3.63, 3.8) is 0 Å². The van der Waals surface area contributed by atoms with Crippen molar-refractivity contribution in [3.8, 4) is 0 Å². The summed E-state index contributed by atoms with van der Waals surface area (Å²) >= 11 is 0. The topological polar surface area (TPSA) is 99.1 Å². The summed E-state index contributed by atoms with van der Waals surface area (Å²) < 4.78 is 18.8. The van der Waals surface area contributed by atoms with Crippen LogP contribution in [0.5, 0.6) is 0 Å². The molecule has 1 aliphatic heterocycles. The lowest BCUT2D eigenvalue weighted by molar-refractivity contribution is -0.201. The highest BCUT2D eigenvalue weighted by Crippen LogP contribution is 2.69. The van der Waals surface area contributed by atoms with Gasteiger partial charge in [-0.2, -0.15) is 0 Å². The van der Waals surface area contributed by atoms with Crippen LogP contribution in [0.15, 0.2) is 23.8 Å². The number of aliphatic hydroxyl groups is 1. The van der Waals surface area contributed by atoms with E-state index >= 15 is 0 Å². The van der Waals surface area contributed by atoms with Crippen molar-refractivity contribution in [1.82, 2.24) is 0 Å². The molecular formula is C41H64O7. The number of esters is 1. The van der Waals surface area contributed by atoms with Crippen molar-refractivity contribution in [2.75, 3.05) is 6.61 Å². The molecule has 5 aliphatic rings. The second-order valence-electron chi connectivity index (χ2n) is 16.2. The molecule has 1 unspecified atom stereocenters. The third-order valence-electron chi connectivity index (χ3n) is 13.1. The predicted octanol–water partition coefficient (Wildman–Crippen LogP) is 8.75. The summed E-state index contributed by atoms with van der Waals surface area (Å²) in [6.07, 6.45) is 24.6. The van der Waals surface area contributed by atoms with Crippen LogP contribution in [0.2, 0.25) is 0 Å². The first-order valence-electron chi connectivity index (χ1n) is 19.7. The molecular weight excluding hydrogens is 604 g/mol. The Morgan fingerprint density at radius 1 is 0.938 bits per heavy atom. The van der Waals surface area contributed by atoms with Gasteiger partial charge in [0, 0.05) is 23.2 Å². The first-order chi connectivity index (χ1) is 23.1. The number of fused-ring (bicyclic) bond motifs is 7. The quantitative estimate of drug-likeness (QED) is 0.109. The molecule has 0 aromatic heterocycles. The summed E-state index contributed by atoms with van der Waals surface area (Å²) in [5, 5.41) is 11.9. The molecule has 0 bridgehead atoms. The highest BCUT2D eigenvalue weighted by Gasteiger charge is 2.75. The lowest BCUT2D eigenvalue weighted by Crippen LogP contribution is -2.63. The van der Waals surface area contributed by atoms with Crippen molar-refractivity contribution >= 4 is 17.5 Å². The number of carbonyl (C=O) groups is 3. The molecule has 0 radical (unpaired) electrons. The Balaban J connectivity index is 1.13. The van der Waals surface area contributed by atoms with E-state index in [-0.39, 0.29) is 47.3 Å². The number of ether oxygens (including phenoxy) is 3. The lowest BCUT2D eigenvalue weighted by Gasteiger charge is -2.59. The Bertz CT molecular complexity index is 1190. The van der Waals surface area contributed by atoms with E-state index in [1.165, 1.54) is 64.2 Å². The number of hydrogen-bond acceptors (Lipinski definition) is 7. The molecule has 0 spiro atoms. The van der Waals surface area contributed by atoms with E-state index in [0.29, 0.717) is 25.7 Å². The normalized spacial score (nSPS) is 36.6. The first-order valence-corrected chi connectivity index (χ1v) is 19.7. The van der Waals surface area contributed by atoms with Crippen LogP contribution in [0, 0.1) is 28.6 Å². The maximum Gasteiger partial charge on any atom is 0.306 e. The van der Waals surface area contributed by atoms with Gasteiger partial charge in [0.25, 0.3) is 0 Å². The molecule has 9 atom stereocenters. The van der Waals surface area contributed by atoms with Crippen LogP contribution in [0.1, 0.15) is 156 Å². The van der Waals surface area contributed by atoms with Gasteiger partial charge >= 0.3 is 5.97 Å². The number of ketones is 2. The Hall–Kier alpha value is -1.83. The Morgan fingerprint density at radius 2 is 1.58 bits per heavy atom. The van der Waals surface area contributed by atoms with Gasteiger partial charge in [-0.3, -0.25) is 14.4 Å². The molecule has 1 heterocycles. The number of hydrogen-bond donors (Lipinski definition) is 1. The fourth-order valence-electron chi connectivity index (χ4n) is 10.6. The van der Waals surface area contributed by atoms with E-state index in [0.717, 1.165) is 44.1 Å². The summed E-state index contributed by atoms with van der Waals surface area (Å²) in [5.74, 6) is -0.326. The van der Waals surface area contributed by atoms with Gasteiger partial charge in [-0.05, 0) is 62.5 Å². The number of allylic oxidation sites excluding steroid dienone is 4. The molecule has 48 heavy (non-hydrogen) atoms. The van der Waals surface area contributed by atoms with Crippen LogP contribution < -0.4 is 0 Å². The van der Waals surface area contributed by atoms with Crippen molar-refractivity contribution in [2.24, 2.45) is 28.6 Å². The number of unbranched alkanes of at least 4 members (excludes halogenated alkanes) is 12. The number of rotatable bonds is 19. The predicted molar refractivity (Wildman–Crippen MR) is 187 cm³/mol.